The molecule has 0 radical (unpaired) electrons. The Morgan fingerprint density at radius 3 is 2.15 bits per heavy atom. The third-order valence-electron chi connectivity index (χ3n) is 4.81. The molecule has 6 heteroatoms. The molecule has 138 valence electrons. The van der Waals surface area contributed by atoms with E-state index >= 15 is 0 Å². The second-order valence-electron chi connectivity index (χ2n) is 6.61. The normalized spacial score (nSPS) is 17.9. The average Bonchev–Trinajstić information content (AvgIpc) is 2.94. The van der Waals surface area contributed by atoms with Crippen LogP contribution in [0, 0.1) is 12.7 Å². The number of carbonyl (C=O) groups excluding carboxylic acids is 2. The third kappa shape index (κ3) is 3.13. The molecular weight excluding hydrogens is 347 g/mol. The molecule has 0 atom stereocenters. The number of benzene rings is 2. The number of amides is 2. The predicted octanol–water partition coefficient (Wildman–Crippen LogP) is 2.75. The Morgan fingerprint density at radius 1 is 0.889 bits per heavy atom. The molecule has 0 aliphatic carbocycles. The van der Waals surface area contributed by atoms with Crippen molar-refractivity contribution in [2.24, 2.45) is 0 Å². The van der Waals surface area contributed by atoms with Crippen LogP contribution in [-0.4, -0.2) is 43.0 Å². The van der Waals surface area contributed by atoms with E-state index in [1.165, 1.54) is 24.3 Å². The summed E-state index contributed by atoms with van der Waals surface area (Å²) in [6, 6.07) is 12.9. The van der Waals surface area contributed by atoms with Crippen LogP contribution < -0.4 is 4.90 Å². The highest BCUT2D eigenvalue weighted by atomic mass is 19.1. The maximum Gasteiger partial charge on any atom is 0.282 e. The SMILES string of the molecule is Cc1ccc(C2=C(N3CCOCC3)C(=O)N(c3ccc(F)cc3)C2=O)cc1. The first-order valence-electron chi connectivity index (χ1n) is 8.84. The van der Waals surface area contributed by atoms with E-state index in [9.17, 15) is 14.0 Å². The van der Waals surface area contributed by atoms with Gasteiger partial charge in [-0.3, -0.25) is 9.59 Å². The molecule has 2 amide bonds. The minimum Gasteiger partial charge on any atom is -0.378 e. The van der Waals surface area contributed by atoms with Crippen molar-refractivity contribution in [3.63, 3.8) is 0 Å². The predicted molar refractivity (Wildman–Crippen MR) is 99.4 cm³/mol. The first-order chi connectivity index (χ1) is 13.1. The summed E-state index contributed by atoms with van der Waals surface area (Å²) in [5, 5.41) is 0. The van der Waals surface area contributed by atoms with E-state index in [0.717, 1.165) is 10.5 Å². The summed E-state index contributed by atoms with van der Waals surface area (Å²) >= 11 is 0. The fourth-order valence-corrected chi connectivity index (χ4v) is 3.40. The third-order valence-corrected chi connectivity index (χ3v) is 4.81. The number of hydrogen-bond donors (Lipinski definition) is 0. The van der Waals surface area contributed by atoms with Gasteiger partial charge in [0.25, 0.3) is 11.8 Å². The standard InChI is InChI=1S/C21H19FN2O3/c1-14-2-4-15(5-3-14)18-19(23-10-12-27-13-11-23)21(26)24(20(18)25)17-8-6-16(22)7-9-17/h2-9H,10-13H2,1H3. The van der Waals surface area contributed by atoms with Gasteiger partial charge in [0.05, 0.1) is 24.5 Å². The second-order valence-corrected chi connectivity index (χ2v) is 6.61. The van der Waals surface area contributed by atoms with Crippen molar-refractivity contribution < 1.29 is 18.7 Å². The number of rotatable bonds is 3. The largest absolute Gasteiger partial charge is 0.378 e. The quantitative estimate of drug-likeness (QED) is 0.784. The molecule has 2 aliphatic heterocycles. The smallest absolute Gasteiger partial charge is 0.282 e. The van der Waals surface area contributed by atoms with Gasteiger partial charge >= 0.3 is 0 Å². The minimum atomic E-state index is -0.419. The molecule has 2 aromatic rings. The Balaban J connectivity index is 1.81. The van der Waals surface area contributed by atoms with E-state index in [-0.39, 0.29) is 5.91 Å². The number of nitrogens with zero attached hydrogens (tertiary/aromatic N) is 2. The fraction of sp³-hybridized carbons (Fsp3) is 0.238. The van der Waals surface area contributed by atoms with E-state index in [1.807, 2.05) is 36.1 Å². The van der Waals surface area contributed by atoms with Crippen molar-refractivity contribution >= 4 is 23.1 Å². The van der Waals surface area contributed by atoms with Crippen LogP contribution in [-0.2, 0) is 14.3 Å². The Hall–Kier alpha value is -2.99. The molecule has 4 rings (SSSR count). The highest BCUT2D eigenvalue weighted by molar-refractivity contribution is 6.45. The van der Waals surface area contributed by atoms with Crippen molar-refractivity contribution in [1.29, 1.82) is 0 Å². The van der Waals surface area contributed by atoms with Gasteiger partial charge in [-0.15, -0.1) is 0 Å². The van der Waals surface area contributed by atoms with E-state index in [4.69, 9.17) is 4.74 Å². The minimum absolute atomic E-state index is 0.360. The molecule has 0 unspecified atom stereocenters. The molecule has 5 nitrogen and oxygen atoms in total. The van der Waals surface area contributed by atoms with E-state index < -0.39 is 11.7 Å². The Kier molecular flexibility index (Phi) is 4.49. The zero-order valence-corrected chi connectivity index (χ0v) is 14.9. The summed E-state index contributed by atoms with van der Waals surface area (Å²) in [4.78, 5) is 29.5. The average molecular weight is 366 g/mol. The molecular formula is C21H19FN2O3. The first-order valence-corrected chi connectivity index (χ1v) is 8.84. The molecule has 0 saturated carbocycles. The molecule has 0 spiro atoms. The van der Waals surface area contributed by atoms with Crippen LogP contribution in [0.5, 0.6) is 0 Å². The van der Waals surface area contributed by atoms with Gasteiger partial charge in [-0.2, -0.15) is 0 Å². The summed E-state index contributed by atoms with van der Waals surface area (Å²) < 4.78 is 18.7. The van der Waals surface area contributed by atoms with Crippen molar-refractivity contribution in [1.82, 2.24) is 4.90 Å². The van der Waals surface area contributed by atoms with Crippen molar-refractivity contribution in [2.75, 3.05) is 31.2 Å². The maximum absolute atomic E-state index is 13.3. The number of morpholine rings is 1. The molecule has 27 heavy (non-hydrogen) atoms. The van der Waals surface area contributed by atoms with Gasteiger partial charge < -0.3 is 9.64 Å². The summed E-state index contributed by atoms with van der Waals surface area (Å²) in [7, 11) is 0. The van der Waals surface area contributed by atoms with Crippen molar-refractivity contribution in [3.05, 3.63) is 71.2 Å². The molecule has 1 saturated heterocycles. The van der Waals surface area contributed by atoms with Crippen molar-refractivity contribution in [2.45, 2.75) is 6.92 Å². The number of carbonyl (C=O) groups is 2. The Bertz CT molecular complexity index is 913. The zero-order valence-electron chi connectivity index (χ0n) is 14.9. The van der Waals surface area contributed by atoms with Gasteiger partial charge in [0, 0.05) is 13.1 Å². The van der Waals surface area contributed by atoms with Crippen LogP contribution in [0.2, 0.25) is 0 Å². The first kappa shape index (κ1) is 17.4. The number of halogens is 1. The van der Waals surface area contributed by atoms with E-state index in [2.05, 4.69) is 0 Å². The van der Waals surface area contributed by atoms with Crippen molar-refractivity contribution in [3.8, 4) is 0 Å². The van der Waals surface area contributed by atoms with Crippen LogP contribution >= 0.6 is 0 Å². The summed E-state index contributed by atoms with van der Waals surface area (Å²) in [6.45, 7) is 4.06. The van der Waals surface area contributed by atoms with Gasteiger partial charge in [-0.1, -0.05) is 29.8 Å². The lowest BCUT2D eigenvalue weighted by atomic mass is 10.0. The zero-order chi connectivity index (χ0) is 19.0. The number of hydrogen-bond acceptors (Lipinski definition) is 4. The molecule has 2 aliphatic rings. The molecule has 0 aromatic heterocycles. The van der Waals surface area contributed by atoms with Gasteiger partial charge in [-0.05, 0) is 36.8 Å². The number of anilines is 1. The fourth-order valence-electron chi connectivity index (χ4n) is 3.40. The lowest BCUT2D eigenvalue weighted by molar-refractivity contribution is -0.121. The number of ether oxygens (including phenoxy) is 1. The molecule has 2 aromatic carbocycles. The highest BCUT2D eigenvalue weighted by Gasteiger charge is 2.42. The Labute approximate surface area is 156 Å². The van der Waals surface area contributed by atoms with Gasteiger partial charge in [0.15, 0.2) is 0 Å². The van der Waals surface area contributed by atoms with Gasteiger partial charge in [-0.25, -0.2) is 9.29 Å². The lowest BCUT2D eigenvalue weighted by Gasteiger charge is -2.29. The second kappa shape index (κ2) is 6.96. The van der Waals surface area contributed by atoms with Crippen LogP contribution in [0.25, 0.3) is 5.57 Å². The maximum atomic E-state index is 13.3. The van der Waals surface area contributed by atoms with Crippen LogP contribution in [0.15, 0.2) is 54.2 Å². The lowest BCUT2D eigenvalue weighted by Crippen LogP contribution is -2.40. The number of aryl methyl sites for hydroxylation is 1. The van der Waals surface area contributed by atoms with E-state index in [0.29, 0.717) is 48.8 Å². The number of imide groups is 1. The summed E-state index contributed by atoms with van der Waals surface area (Å²) in [5.74, 6) is -1.20. The molecule has 2 heterocycles. The van der Waals surface area contributed by atoms with E-state index in [1.54, 1.807) is 0 Å². The molecule has 0 N–H and O–H groups in total. The van der Waals surface area contributed by atoms with Gasteiger partial charge in [0.1, 0.15) is 11.5 Å². The molecule has 1 fully saturated rings. The van der Waals surface area contributed by atoms with Gasteiger partial charge in [0.2, 0.25) is 0 Å². The van der Waals surface area contributed by atoms with Crippen LogP contribution in [0.4, 0.5) is 10.1 Å². The van der Waals surface area contributed by atoms with Crippen LogP contribution in [0.3, 0.4) is 0 Å². The highest BCUT2D eigenvalue weighted by Crippen LogP contribution is 2.35. The summed E-state index contributed by atoms with van der Waals surface area (Å²) in [5.41, 5.74) is 2.89. The Morgan fingerprint density at radius 2 is 1.52 bits per heavy atom. The topological polar surface area (TPSA) is 49.9 Å². The monoisotopic (exact) mass is 366 g/mol. The summed E-state index contributed by atoms with van der Waals surface area (Å²) in [6.07, 6.45) is 0. The van der Waals surface area contributed by atoms with Crippen LogP contribution in [0.1, 0.15) is 11.1 Å². The molecule has 0 bridgehead atoms.